The van der Waals surface area contributed by atoms with E-state index in [1.165, 1.54) is 0 Å². The third-order valence-corrected chi connectivity index (χ3v) is 7.21. The van der Waals surface area contributed by atoms with E-state index in [9.17, 15) is 14.7 Å². The van der Waals surface area contributed by atoms with E-state index in [0.717, 1.165) is 27.6 Å². The molecule has 1 amide bonds. The van der Waals surface area contributed by atoms with Gasteiger partial charge in [-0.25, -0.2) is 0 Å². The summed E-state index contributed by atoms with van der Waals surface area (Å²) in [5, 5.41) is 16.4. The average Bonchev–Trinajstić information content (AvgIpc) is 2.93. The number of phenolic OH excluding ortho intramolecular Hbond substituents is 1. The lowest BCUT2D eigenvalue weighted by molar-refractivity contribution is -0.122. The van der Waals surface area contributed by atoms with Crippen LogP contribution in [0.4, 0.5) is 11.4 Å². The van der Waals surface area contributed by atoms with Crippen LogP contribution in [0.2, 0.25) is 0 Å². The van der Waals surface area contributed by atoms with Crippen molar-refractivity contribution in [1.82, 2.24) is 0 Å². The molecule has 0 fully saturated rings. The van der Waals surface area contributed by atoms with Gasteiger partial charge in [-0.05, 0) is 52.8 Å². The van der Waals surface area contributed by atoms with Gasteiger partial charge >= 0.3 is 0 Å². The van der Waals surface area contributed by atoms with Gasteiger partial charge < -0.3 is 10.4 Å². The Bertz CT molecular complexity index is 1400. The summed E-state index contributed by atoms with van der Waals surface area (Å²) in [4.78, 5) is 29.5. The van der Waals surface area contributed by atoms with Crippen LogP contribution in [0.15, 0.2) is 65.9 Å². The zero-order chi connectivity index (χ0) is 25.1. The number of aromatic hydroxyl groups is 1. The molecule has 0 bridgehead atoms. The lowest BCUT2D eigenvalue weighted by Gasteiger charge is -2.38. The van der Waals surface area contributed by atoms with E-state index in [0.29, 0.717) is 29.8 Å². The highest BCUT2D eigenvalue weighted by molar-refractivity contribution is 6.08. The van der Waals surface area contributed by atoms with Gasteiger partial charge in [-0.15, -0.1) is 0 Å². The molecule has 1 unspecified atom stereocenters. The summed E-state index contributed by atoms with van der Waals surface area (Å²) < 4.78 is 0. The van der Waals surface area contributed by atoms with E-state index < -0.39 is 6.04 Å². The van der Waals surface area contributed by atoms with Gasteiger partial charge in [-0.2, -0.15) is 0 Å². The van der Waals surface area contributed by atoms with Crippen LogP contribution in [0.1, 0.15) is 57.7 Å². The summed E-state index contributed by atoms with van der Waals surface area (Å²) in [6, 6.07) is 16.9. The number of hydrogen-bond acceptors (Lipinski definition) is 4. The summed E-state index contributed by atoms with van der Waals surface area (Å²) in [5.74, 6) is -0.310. The van der Waals surface area contributed by atoms with Crippen LogP contribution in [-0.2, 0) is 9.59 Å². The van der Waals surface area contributed by atoms with Crippen molar-refractivity contribution in [2.75, 3.05) is 10.2 Å². The molecule has 0 aromatic heterocycles. The maximum atomic E-state index is 13.9. The Balaban J connectivity index is 1.90. The maximum absolute atomic E-state index is 13.9. The molecular weight excluding hydrogens is 436 g/mol. The minimum absolute atomic E-state index is 0.0345. The van der Waals surface area contributed by atoms with Gasteiger partial charge in [0.2, 0.25) is 5.91 Å². The third kappa shape index (κ3) is 3.79. The van der Waals surface area contributed by atoms with Crippen LogP contribution in [-0.4, -0.2) is 16.8 Å². The van der Waals surface area contributed by atoms with Gasteiger partial charge in [0.1, 0.15) is 11.4 Å². The summed E-state index contributed by atoms with van der Waals surface area (Å²) in [6.45, 7) is 9.98. The molecule has 5 heteroatoms. The zero-order valence-electron chi connectivity index (χ0n) is 21.0. The van der Waals surface area contributed by atoms with E-state index in [1.807, 2.05) is 38.1 Å². The second-order valence-electron chi connectivity index (χ2n) is 10.9. The fourth-order valence-electron chi connectivity index (χ4n) is 5.57. The SMILES string of the molecule is Cc1ccc(C2C3=C(CC(C)(C)CC3=O)Nc3c(O)cccc3N2C(=O)C(C)C)c2ccccc12. The number of amides is 1. The fourth-order valence-corrected chi connectivity index (χ4v) is 5.57. The number of rotatable bonds is 2. The third-order valence-electron chi connectivity index (χ3n) is 7.21. The second-order valence-corrected chi connectivity index (χ2v) is 10.9. The molecule has 1 heterocycles. The Kier molecular flexibility index (Phi) is 5.47. The molecule has 1 aliphatic carbocycles. The van der Waals surface area contributed by atoms with Crippen LogP contribution in [0, 0.1) is 18.3 Å². The number of hydrogen-bond donors (Lipinski definition) is 2. The number of fused-ring (bicyclic) bond motifs is 2. The highest BCUT2D eigenvalue weighted by Crippen LogP contribution is 2.51. The van der Waals surface area contributed by atoms with Crippen LogP contribution >= 0.6 is 0 Å². The van der Waals surface area contributed by atoms with Crippen LogP contribution in [0.25, 0.3) is 10.8 Å². The molecule has 5 nitrogen and oxygen atoms in total. The molecule has 2 N–H and O–H groups in total. The summed E-state index contributed by atoms with van der Waals surface area (Å²) in [6.07, 6.45) is 1.05. The molecule has 1 atom stereocenters. The molecule has 0 saturated heterocycles. The average molecular weight is 469 g/mol. The number of anilines is 2. The van der Waals surface area contributed by atoms with Crippen molar-refractivity contribution in [3.63, 3.8) is 0 Å². The predicted octanol–water partition coefficient (Wildman–Crippen LogP) is 6.65. The molecule has 0 saturated carbocycles. The van der Waals surface area contributed by atoms with E-state index in [-0.39, 0.29) is 28.8 Å². The summed E-state index contributed by atoms with van der Waals surface area (Å²) in [5.41, 5.74) is 4.27. The minimum Gasteiger partial charge on any atom is -0.506 e. The van der Waals surface area contributed by atoms with Crippen molar-refractivity contribution in [2.24, 2.45) is 11.3 Å². The van der Waals surface area contributed by atoms with Gasteiger partial charge in [0.05, 0.1) is 11.7 Å². The number of benzene rings is 3. The highest BCUT2D eigenvalue weighted by Gasteiger charge is 2.44. The van der Waals surface area contributed by atoms with E-state index in [2.05, 4.69) is 44.3 Å². The highest BCUT2D eigenvalue weighted by atomic mass is 16.3. The van der Waals surface area contributed by atoms with Gasteiger partial charge in [0, 0.05) is 23.6 Å². The first-order valence-electron chi connectivity index (χ1n) is 12.3. The normalized spacial score (nSPS) is 19.3. The molecule has 2 aliphatic rings. The number of para-hydroxylation sites is 1. The summed E-state index contributed by atoms with van der Waals surface area (Å²) in [7, 11) is 0. The topological polar surface area (TPSA) is 69.6 Å². The molecule has 1 aliphatic heterocycles. The van der Waals surface area contributed by atoms with Crippen molar-refractivity contribution >= 4 is 33.8 Å². The number of aryl methyl sites for hydroxylation is 1. The van der Waals surface area contributed by atoms with Crippen molar-refractivity contribution in [3.05, 3.63) is 77.0 Å². The van der Waals surface area contributed by atoms with Crippen LogP contribution in [0.5, 0.6) is 5.75 Å². The number of nitrogens with zero attached hydrogens (tertiary/aromatic N) is 1. The van der Waals surface area contributed by atoms with Crippen molar-refractivity contribution < 1.29 is 14.7 Å². The lowest BCUT2D eigenvalue weighted by atomic mass is 9.73. The maximum Gasteiger partial charge on any atom is 0.230 e. The van der Waals surface area contributed by atoms with E-state index >= 15 is 0 Å². The number of Topliss-reactive ketones (excluding diaryl/α,β-unsaturated/α-hetero) is 1. The minimum atomic E-state index is -0.607. The number of ketones is 1. The van der Waals surface area contributed by atoms with Crippen molar-refractivity contribution in [2.45, 2.75) is 53.5 Å². The number of carbonyl (C=O) groups excluding carboxylic acids is 2. The Hall–Kier alpha value is -3.60. The second kappa shape index (κ2) is 8.26. The fraction of sp³-hybridized carbons (Fsp3) is 0.333. The number of nitrogens with one attached hydrogen (secondary N) is 1. The predicted molar refractivity (Wildman–Crippen MR) is 141 cm³/mol. The molecule has 3 aromatic rings. The van der Waals surface area contributed by atoms with E-state index in [4.69, 9.17) is 0 Å². The lowest BCUT2D eigenvalue weighted by Crippen LogP contribution is -2.41. The molecule has 180 valence electrons. The molecule has 35 heavy (non-hydrogen) atoms. The van der Waals surface area contributed by atoms with Crippen LogP contribution in [0.3, 0.4) is 0 Å². The first-order valence-corrected chi connectivity index (χ1v) is 12.3. The van der Waals surface area contributed by atoms with E-state index in [1.54, 1.807) is 17.0 Å². The smallest absolute Gasteiger partial charge is 0.230 e. The number of phenols is 1. The largest absolute Gasteiger partial charge is 0.506 e. The molecule has 0 radical (unpaired) electrons. The van der Waals surface area contributed by atoms with Gasteiger partial charge in [0.15, 0.2) is 5.78 Å². The molecule has 5 rings (SSSR count). The Morgan fingerprint density at radius 3 is 2.46 bits per heavy atom. The van der Waals surface area contributed by atoms with Crippen LogP contribution < -0.4 is 10.2 Å². The van der Waals surface area contributed by atoms with Gasteiger partial charge in [0.25, 0.3) is 0 Å². The van der Waals surface area contributed by atoms with Crippen molar-refractivity contribution in [1.29, 1.82) is 0 Å². The Morgan fingerprint density at radius 1 is 1.03 bits per heavy atom. The Morgan fingerprint density at radius 2 is 1.74 bits per heavy atom. The molecular formula is C30H32N2O3. The quantitative estimate of drug-likeness (QED) is 0.413. The first kappa shape index (κ1) is 23.2. The Labute approximate surface area is 206 Å². The number of allylic oxidation sites excluding steroid dienone is 1. The van der Waals surface area contributed by atoms with Gasteiger partial charge in [-0.3, -0.25) is 14.5 Å². The summed E-state index contributed by atoms with van der Waals surface area (Å²) >= 11 is 0. The standard InChI is InChI=1S/C30H32N2O3/c1-17(2)29(35)32-23-11-8-12-24(33)27(23)31-22-15-30(4,5)16-25(34)26(22)28(32)21-14-13-18(3)19-9-6-7-10-20(19)21/h6-14,17,28,31,33H,15-16H2,1-5H3. The molecule has 3 aromatic carbocycles. The first-order chi connectivity index (χ1) is 16.6. The van der Waals surface area contributed by atoms with Gasteiger partial charge in [-0.1, -0.05) is 70.2 Å². The number of carbonyl (C=O) groups is 2. The van der Waals surface area contributed by atoms with Crippen molar-refractivity contribution in [3.8, 4) is 5.75 Å². The zero-order valence-corrected chi connectivity index (χ0v) is 21.0. The molecule has 0 spiro atoms. The monoisotopic (exact) mass is 468 g/mol.